The largest absolute Gasteiger partial charge is 0.338 e. The maximum atomic E-state index is 13.8. The molecule has 0 spiro atoms. The Bertz CT molecular complexity index is 733. The van der Waals surface area contributed by atoms with Crippen molar-refractivity contribution >= 4 is 11.0 Å². The molecule has 1 aromatic heterocycles. The van der Waals surface area contributed by atoms with E-state index in [1.165, 1.54) is 11.6 Å². The number of hydrogen-bond donors (Lipinski definition) is 2. The third kappa shape index (κ3) is 2.42. The number of nitrogens with zero attached hydrogens (tertiary/aromatic N) is 1. The van der Waals surface area contributed by atoms with Gasteiger partial charge in [0, 0.05) is 0 Å². The molecule has 102 valence electrons. The van der Waals surface area contributed by atoms with Gasteiger partial charge in [-0.05, 0) is 49.8 Å². The number of aromatic amines is 1. The second-order valence-electron chi connectivity index (χ2n) is 4.77. The molecule has 2 N–H and O–H groups in total. The number of aromatic nitrogens is 2. The number of imidazole rings is 1. The molecule has 0 saturated heterocycles. The molecular formula is C16H16FN3. The van der Waals surface area contributed by atoms with Gasteiger partial charge in [0.25, 0.3) is 0 Å². The van der Waals surface area contributed by atoms with Gasteiger partial charge in [-0.25, -0.2) is 9.37 Å². The van der Waals surface area contributed by atoms with Crippen LogP contribution >= 0.6 is 0 Å². The normalized spacial score (nSPS) is 11.1. The molecule has 1 heterocycles. The molecule has 2 aromatic carbocycles. The van der Waals surface area contributed by atoms with E-state index in [4.69, 9.17) is 0 Å². The Kier molecular flexibility index (Phi) is 3.48. The zero-order valence-electron chi connectivity index (χ0n) is 11.3. The van der Waals surface area contributed by atoms with Gasteiger partial charge in [-0.1, -0.05) is 18.2 Å². The number of rotatable bonds is 4. The summed E-state index contributed by atoms with van der Waals surface area (Å²) in [5, 5.41) is 3.13. The second-order valence-corrected chi connectivity index (χ2v) is 4.77. The molecule has 0 unspecified atom stereocenters. The zero-order chi connectivity index (χ0) is 13.9. The fourth-order valence-electron chi connectivity index (χ4n) is 2.26. The van der Waals surface area contributed by atoms with Crippen LogP contribution in [0, 0.1) is 5.82 Å². The standard InChI is InChI=1S/C16H16FN3/c1-18-9-8-11-6-7-14-15(10-11)20-16(19-14)12-4-2-3-5-13(12)17/h2-7,10,18H,8-9H2,1H3,(H,19,20). The monoisotopic (exact) mass is 269 g/mol. The highest BCUT2D eigenvalue weighted by atomic mass is 19.1. The number of H-pyrrole nitrogens is 1. The van der Waals surface area contributed by atoms with E-state index in [9.17, 15) is 4.39 Å². The van der Waals surface area contributed by atoms with Crippen molar-refractivity contribution in [3.63, 3.8) is 0 Å². The summed E-state index contributed by atoms with van der Waals surface area (Å²) in [5.41, 5.74) is 3.53. The van der Waals surface area contributed by atoms with Crippen LogP contribution in [0.2, 0.25) is 0 Å². The summed E-state index contributed by atoms with van der Waals surface area (Å²) in [6.07, 6.45) is 0.959. The first kappa shape index (κ1) is 12.8. The van der Waals surface area contributed by atoms with Crippen LogP contribution in [0.1, 0.15) is 5.56 Å². The van der Waals surface area contributed by atoms with E-state index in [2.05, 4.69) is 27.4 Å². The molecule has 0 aliphatic rings. The minimum Gasteiger partial charge on any atom is -0.338 e. The predicted molar refractivity (Wildman–Crippen MR) is 79.1 cm³/mol. The fraction of sp³-hybridized carbons (Fsp3) is 0.188. The number of fused-ring (bicyclic) bond motifs is 1. The van der Waals surface area contributed by atoms with E-state index >= 15 is 0 Å². The second kappa shape index (κ2) is 5.43. The fourth-order valence-corrected chi connectivity index (χ4v) is 2.26. The van der Waals surface area contributed by atoms with Crippen LogP contribution < -0.4 is 5.32 Å². The van der Waals surface area contributed by atoms with Crippen molar-refractivity contribution in [1.29, 1.82) is 0 Å². The average Bonchev–Trinajstić information content (AvgIpc) is 2.88. The molecule has 3 aromatic rings. The van der Waals surface area contributed by atoms with Crippen LogP contribution in [0.5, 0.6) is 0 Å². The molecule has 0 bridgehead atoms. The highest BCUT2D eigenvalue weighted by molar-refractivity contribution is 5.80. The summed E-state index contributed by atoms with van der Waals surface area (Å²) in [4.78, 5) is 7.65. The lowest BCUT2D eigenvalue weighted by Crippen LogP contribution is -2.10. The zero-order valence-corrected chi connectivity index (χ0v) is 11.3. The van der Waals surface area contributed by atoms with Gasteiger partial charge in [-0.2, -0.15) is 0 Å². The van der Waals surface area contributed by atoms with E-state index in [0.717, 1.165) is 24.0 Å². The van der Waals surface area contributed by atoms with Crippen molar-refractivity contribution in [3.8, 4) is 11.4 Å². The van der Waals surface area contributed by atoms with E-state index in [1.807, 2.05) is 19.2 Å². The topological polar surface area (TPSA) is 40.7 Å². The number of halogens is 1. The van der Waals surface area contributed by atoms with Gasteiger partial charge in [0.05, 0.1) is 16.6 Å². The highest BCUT2D eigenvalue weighted by Gasteiger charge is 2.09. The Morgan fingerprint density at radius 2 is 2.05 bits per heavy atom. The summed E-state index contributed by atoms with van der Waals surface area (Å²) in [6, 6.07) is 12.8. The average molecular weight is 269 g/mol. The molecular weight excluding hydrogens is 253 g/mol. The highest BCUT2D eigenvalue weighted by Crippen LogP contribution is 2.23. The molecule has 3 nitrogen and oxygen atoms in total. The van der Waals surface area contributed by atoms with E-state index in [0.29, 0.717) is 11.4 Å². The van der Waals surface area contributed by atoms with Crippen LogP contribution in [0.3, 0.4) is 0 Å². The van der Waals surface area contributed by atoms with Gasteiger partial charge >= 0.3 is 0 Å². The first-order valence-corrected chi connectivity index (χ1v) is 6.66. The summed E-state index contributed by atoms with van der Waals surface area (Å²) in [5.74, 6) is 0.311. The Morgan fingerprint density at radius 1 is 1.20 bits per heavy atom. The van der Waals surface area contributed by atoms with E-state index < -0.39 is 0 Å². The first-order chi connectivity index (χ1) is 9.78. The number of likely N-dealkylation sites (N-methyl/N-ethyl adjacent to an activating group) is 1. The SMILES string of the molecule is CNCCc1ccc2nc(-c3ccccc3F)[nH]c2c1. The quantitative estimate of drug-likeness (QED) is 0.764. The van der Waals surface area contributed by atoms with Gasteiger partial charge < -0.3 is 10.3 Å². The molecule has 20 heavy (non-hydrogen) atoms. The molecule has 0 radical (unpaired) electrons. The minimum absolute atomic E-state index is 0.262. The molecule has 0 fully saturated rings. The molecule has 0 amide bonds. The molecule has 0 atom stereocenters. The Labute approximate surface area is 116 Å². The van der Waals surface area contributed by atoms with Crippen molar-refractivity contribution < 1.29 is 4.39 Å². The summed E-state index contributed by atoms with van der Waals surface area (Å²) >= 11 is 0. The number of hydrogen-bond acceptors (Lipinski definition) is 2. The van der Waals surface area contributed by atoms with Crippen molar-refractivity contribution in [1.82, 2.24) is 15.3 Å². The number of benzene rings is 2. The van der Waals surface area contributed by atoms with Gasteiger partial charge in [-0.3, -0.25) is 0 Å². The Morgan fingerprint density at radius 3 is 2.85 bits per heavy atom. The van der Waals surface area contributed by atoms with Crippen LogP contribution in [0.25, 0.3) is 22.4 Å². The van der Waals surface area contributed by atoms with Gasteiger partial charge in [0.2, 0.25) is 0 Å². The lowest BCUT2D eigenvalue weighted by molar-refractivity contribution is 0.630. The van der Waals surface area contributed by atoms with Crippen LogP contribution in [0.4, 0.5) is 4.39 Å². The molecule has 3 rings (SSSR count). The van der Waals surface area contributed by atoms with Crippen molar-refractivity contribution in [2.45, 2.75) is 6.42 Å². The van der Waals surface area contributed by atoms with Crippen LogP contribution in [-0.4, -0.2) is 23.6 Å². The third-order valence-corrected chi connectivity index (χ3v) is 3.34. The van der Waals surface area contributed by atoms with Crippen LogP contribution in [0.15, 0.2) is 42.5 Å². The Hall–Kier alpha value is -2.20. The summed E-state index contributed by atoms with van der Waals surface area (Å²) in [6.45, 7) is 0.930. The lowest BCUT2D eigenvalue weighted by atomic mass is 10.1. The lowest BCUT2D eigenvalue weighted by Gasteiger charge is -1.99. The third-order valence-electron chi connectivity index (χ3n) is 3.34. The minimum atomic E-state index is -0.262. The van der Waals surface area contributed by atoms with Crippen molar-refractivity contribution in [2.75, 3.05) is 13.6 Å². The van der Waals surface area contributed by atoms with Crippen molar-refractivity contribution in [2.24, 2.45) is 0 Å². The first-order valence-electron chi connectivity index (χ1n) is 6.66. The maximum absolute atomic E-state index is 13.8. The van der Waals surface area contributed by atoms with Crippen molar-refractivity contribution in [3.05, 3.63) is 53.8 Å². The Balaban J connectivity index is 2.00. The molecule has 0 aliphatic carbocycles. The number of nitrogens with one attached hydrogen (secondary N) is 2. The summed E-state index contributed by atoms with van der Waals surface area (Å²) in [7, 11) is 1.94. The van der Waals surface area contributed by atoms with E-state index in [-0.39, 0.29) is 5.82 Å². The smallest absolute Gasteiger partial charge is 0.141 e. The molecule has 4 heteroatoms. The van der Waals surface area contributed by atoms with Gasteiger partial charge in [0.15, 0.2) is 0 Å². The summed E-state index contributed by atoms with van der Waals surface area (Å²) < 4.78 is 13.8. The molecule has 0 saturated carbocycles. The van der Waals surface area contributed by atoms with Gasteiger partial charge in [0.1, 0.15) is 11.6 Å². The maximum Gasteiger partial charge on any atom is 0.141 e. The van der Waals surface area contributed by atoms with Gasteiger partial charge in [-0.15, -0.1) is 0 Å². The van der Waals surface area contributed by atoms with E-state index in [1.54, 1.807) is 12.1 Å². The van der Waals surface area contributed by atoms with Crippen LogP contribution in [-0.2, 0) is 6.42 Å². The predicted octanol–water partition coefficient (Wildman–Crippen LogP) is 3.13. The molecule has 0 aliphatic heterocycles.